The maximum absolute atomic E-state index is 11.8. The molecule has 0 saturated carbocycles. The SMILES string of the molecule is COC(C)Cn1ncc(N(C)CCN)cc1=O. The van der Waals surface area contributed by atoms with Crippen molar-refractivity contribution < 1.29 is 4.74 Å². The minimum absolute atomic E-state index is 0.0344. The van der Waals surface area contributed by atoms with Crippen LogP contribution in [0.1, 0.15) is 6.92 Å². The van der Waals surface area contributed by atoms with Crippen LogP contribution in [0.5, 0.6) is 0 Å². The van der Waals surface area contributed by atoms with Crippen LogP contribution in [0.3, 0.4) is 0 Å². The molecule has 0 aliphatic carbocycles. The number of aromatic nitrogens is 2. The monoisotopic (exact) mass is 240 g/mol. The van der Waals surface area contributed by atoms with Gasteiger partial charge in [-0.1, -0.05) is 0 Å². The lowest BCUT2D eigenvalue weighted by Gasteiger charge is -2.18. The molecule has 0 aliphatic heterocycles. The summed E-state index contributed by atoms with van der Waals surface area (Å²) in [7, 11) is 3.49. The van der Waals surface area contributed by atoms with Crippen molar-refractivity contribution in [1.29, 1.82) is 0 Å². The first-order chi connectivity index (χ1) is 8.08. The maximum atomic E-state index is 11.8. The molecule has 0 radical (unpaired) electrons. The highest BCUT2D eigenvalue weighted by Gasteiger charge is 2.06. The van der Waals surface area contributed by atoms with Crippen LogP contribution >= 0.6 is 0 Å². The molecule has 0 bridgehead atoms. The normalized spacial score (nSPS) is 12.5. The van der Waals surface area contributed by atoms with Crippen molar-refractivity contribution in [3.63, 3.8) is 0 Å². The van der Waals surface area contributed by atoms with E-state index in [2.05, 4.69) is 5.10 Å². The molecule has 17 heavy (non-hydrogen) atoms. The fourth-order valence-corrected chi connectivity index (χ4v) is 1.41. The Morgan fingerprint density at radius 2 is 2.35 bits per heavy atom. The maximum Gasteiger partial charge on any atom is 0.268 e. The smallest absolute Gasteiger partial charge is 0.268 e. The Morgan fingerprint density at radius 3 is 2.88 bits per heavy atom. The molecule has 1 aromatic heterocycles. The van der Waals surface area contributed by atoms with Gasteiger partial charge in [0.05, 0.1) is 24.5 Å². The summed E-state index contributed by atoms with van der Waals surface area (Å²) in [6.07, 6.45) is 1.63. The van der Waals surface area contributed by atoms with E-state index in [1.54, 1.807) is 19.4 Å². The Kier molecular flexibility index (Phi) is 5.11. The zero-order valence-electron chi connectivity index (χ0n) is 10.6. The lowest BCUT2D eigenvalue weighted by Crippen LogP contribution is -2.31. The number of hydrogen-bond acceptors (Lipinski definition) is 5. The molecule has 0 saturated heterocycles. The Balaban J connectivity index is 2.82. The second kappa shape index (κ2) is 6.36. The van der Waals surface area contributed by atoms with Crippen LogP contribution in [0.2, 0.25) is 0 Å². The highest BCUT2D eigenvalue weighted by molar-refractivity contribution is 5.41. The van der Waals surface area contributed by atoms with Crippen LogP contribution in [0.15, 0.2) is 17.1 Å². The molecule has 2 N–H and O–H groups in total. The van der Waals surface area contributed by atoms with E-state index in [9.17, 15) is 4.79 Å². The van der Waals surface area contributed by atoms with Crippen LogP contribution in [0.4, 0.5) is 5.69 Å². The van der Waals surface area contributed by atoms with Gasteiger partial charge in [0.25, 0.3) is 5.56 Å². The number of ether oxygens (including phenoxy) is 1. The molecule has 1 atom stereocenters. The molecule has 96 valence electrons. The van der Waals surface area contributed by atoms with Crippen molar-refractivity contribution in [2.75, 3.05) is 32.1 Å². The van der Waals surface area contributed by atoms with Gasteiger partial charge in [0.1, 0.15) is 0 Å². The quantitative estimate of drug-likeness (QED) is 0.737. The highest BCUT2D eigenvalue weighted by atomic mass is 16.5. The van der Waals surface area contributed by atoms with Gasteiger partial charge in [-0.25, -0.2) is 4.68 Å². The standard InChI is InChI=1S/C11H20N4O2/c1-9(17-3)8-15-11(16)6-10(7-13-15)14(2)5-4-12/h6-7,9H,4-5,8,12H2,1-3H3. The summed E-state index contributed by atoms with van der Waals surface area (Å²) in [5, 5.41) is 4.11. The first-order valence-corrected chi connectivity index (χ1v) is 5.59. The number of nitrogens with two attached hydrogens (primary N) is 1. The first-order valence-electron chi connectivity index (χ1n) is 5.59. The van der Waals surface area contributed by atoms with Crippen molar-refractivity contribution in [3.05, 3.63) is 22.6 Å². The Hall–Kier alpha value is -1.40. The average Bonchev–Trinajstić information content (AvgIpc) is 2.31. The van der Waals surface area contributed by atoms with Crippen molar-refractivity contribution in [2.45, 2.75) is 19.6 Å². The number of likely N-dealkylation sites (N-methyl/N-ethyl adjacent to an activating group) is 1. The summed E-state index contributed by atoms with van der Waals surface area (Å²) < 4.78 is 6.50. The molecule has 0 fully saturated rings. The molecule has 0 spiro atoms. The molecular weight excluding hydrogens is 220 g/mol. The Morgan fingerprint density at radius 1 is 1.65 bits per heavy atom. The molecule has 6 heteroatoms. The van der Waals surface area contributed by atoms with Crippen molar-refractivity contribution in [3.8, 4) is 0 Å². The predicted octanol–water partition coefficient (Wildman–Crippen LogP) is -0.327. The minimum atomic E-state index is -0.129. The van der Waals surface area contributed by atoms with Crippen molar-refractivity contribution >= 4 is 5.69 Å². The lowest BCUT2D eigenvalue weighted by atomic mass is 10.4. The van der Waals surface area contributed by atoms with E-state index < -0.39 is 0 Å². The predicted molar refractivity (Wildman–Crippen MR) is 67.3 cm³/mol. The first kappa shape index (κ1) is 13.7. The van der Waals surface area contributed by atoms with Crippen molar-refractivity contribution in [2.24, 2.45) is 5.73 Å². The van der Waals surface area contributed by atoms with Gasteiger partial charge >= 0.3 is 0 Å². The van der Waals surface area contributed by atoms with Crippen LogP contribution in [-0.2, 0) is 11.3 Å². The van der Waals surface area contributed by atoms with E-state index in [1.165, 1.54) is 4.68 Å². The molecule has 0 amide bonds. The van der Waals surface area contributed by atoms with Gasteiger partial charge in [0, 0.05) is 33.3 Å². The third kappa shape index (κ3) is 3.83. The number of anilines is 1. The van der Waals surface area contributed by atoms with Crippen molar-refractivity contribution in [1.82, 2.24) is 9.78 Å². The minimum Gasteiger partial charge on any atom is -0.380 e. The van der Waals surface area contributed by atoms with E-state index in [-0.39, 0.29) is 11.7 Å². The molecular formula is C11H20N4O2. The van der Waals surface area contributed by atoms with E-state index in [0.717, 1.165) is 5.69 Å². The fourth-order valence-electron chi connectivity index (χ4n) is 1.41. The number of nitrogens with zero attached hydrogens (tertiary/aromatic N) is 3. The lowest BCUT2D eigenvalue weighted by molar-refractivity contribution is 0.0984. The van der Waals surface area contributed by atoms with E-state index >= 15 is 0 Å². The molecule has 1 aromatic rings. The fraction of sp³-hybridized carbons (Fsp3) is 0.636. The Bertz CT molecular complexity index is 405. The molecule has 1 unspecified atom stereocenters. The summed E-state index contributed by atoms with van der Waals surface area (Å²) in [6.45, 7) is 3.58. The molecule has 1 heterocycles. The molecule has 6 nitrogen and oxygen atoms in total. The van der Waals surface area contributed by atoms with E-state index in [4.69, 9.17) is 10.5 Å². The third-order valence-corrected chi connectivity index (χ3v) is 2.59. The van der Waals surface area contributed by atoms with Crippen LogP contribution in [0.25, 0.3) is 0 Å². The molecule has 1 rings (SSSR count). The zero-order chi connectivity index (χ0) is 12.8. The summed E-state index contributed by atoms with van der Waals surface area (Å²) in [4.78, 5) is 13.7. The van der Waals surface area contributed by atoms with Crippen LogP contribution < -0.4 is 16.2 Å². The summed E-state index contributed by atoms with van der Waals surface area (Å²) in [6, 6.07) is 1.56. The third-order valence-electron chi connectivity index (χ3n) is 2.59. The van der Waals surface area contributed by atoms with E-state index in [1.807, 2.05) is 18.9 Å². The van der Waals surface area contributed by atoms with Gasteiger partial charge in [-0.15, -0.1) is 0 Å². The van der Waals surface area contributed by atoms with Gasteiger partial charge in [-0.3, -0.25) is 4.79 Å². The second-order valence-electron chi connectivity index (χ2n) is 3.99. The van der Waals surface area contributed by atoms with Gasteiger partial charge in [-0.2, -0.15) is 5.10 Å². The Labute approximate surface area is 101 Å². The van der Waals surface area contributed by atoms with Gasteiger partial charge < -0.3 is 15.4 Å². The molecule has 0 aliphatic rings. The largest absolute Gasteiger partial charge is 0.380 e. The average molecular weight is 240 g/mol. The van der Waals surface area contributed by atoms with Gasteiger partial charge in [0.2, 0.25) is 0 Å². The summed E-state index contributed by atoms with van der Waals surface area (Å²) >= 11 is 0. The van der Waals surface area contributed by atoms with E-state index in [0.29, 0.717) is 19.6 Å². The van der Waals surface area contributed by atoms with Gasteiger partial charge in [0.15, 0.2) is 0 Å². The second-order valence-corrected chi connectivity index (χ2v) is 3.99. The highest BCUT2D eigenvalue weighted by Crippen LogP contribution is 2.05. The summed E-state index contributed by atoms with van der Waals surface area (Å²) in [5.74, 6) is 0. The van der Waals surface area contributed by atoms with Gasteiger partial charge in [-0.05, 0) is 6.92 Å². The number of hydrogen-bond donors (Lipinski definition) is 1. The van der Waals surface area contributed by atoms with Crippen LogP contribution in [-0.4, -0.2) is 43.1 Å². The van der Waals surface area contributed by atoms with Crippen LogP contribution in [0, 0.1) is 0 Å². The zero-order valence-corrected chi connectivity index (χ0v) is 10.6. The number of rotatable bonds is 6. The molecule has 0 aromatic carbocycles. The summed E-state index contributed by atoms with van der Waals surface area (Å²) in [5.41, 5.74) is 6.11. The number of methoxy groups -OCH3 is 1. The topological polar surface area (TPSA) is 73.4 Å².